The van der Waals surface area contributed by atoms with Crippen molar-refractivity contribution >= 4 is 5.84 Å². The number of methoxy groups -OCH3 is 2. The fraction of sp³-hybridized carbons (Fsp3) is 0.875. The first kappa shape index (κ1) is 11.4. The first-order valence-electron chi connectivity index (χ1n) is 4.10. The van der Waals surface area contributed by atoms with E-state index in [2.05, 4.69) is 10.3 Å². The van der Waals surface area contributed by atoms with Crippen LogP contribution in [-0.4, -0.2) is 39.9 Å². The standard InChI is InChI=1S/C8H18N2O2/c1-4-8(10-7-12-3)9-5-6-11-2/h4-7H2,1-3H3,(H,9,10). The van der Waals surface area contributed by atoms with Crippen LogP contribution in [0.2, 0.25) is 0 Å². The Bertz CT molecular complexity index is 126. The number of amidine groups is 1. The molecule has 0 aromatic rings. The number of hydrogen-bond donors (Lipinski definition) is 1. The largest absolute Gasteiger partial charge is 0.383 e. The molecule has 4 heteroatoms. The lowest BCUT2D eigenvalue weighted by atomic mass is 10.4. The third-order valence-corrected chi connectivity index (χ3v) is 1.35. The van der Waals surface area contributed by atoms with Gasteiger partial charge in [0.15, 0.2) is 0 Å². The number of ether oxygens (including phenoxy) is 2. The Balaban J connectivity index is 3.52. The Morgan fingerprint density at radius 2 is 2.08 bits per heavy atom. The summed E-state index contributed by atoms with van der Waals surface area (Å²) in [5.41, 5.74) is 0. The molecule has 0 unspecified atom stereocenters. The van der Waals surface area contributed by atoms with E-state index in [-0.39, 0.29) is 0 Å². The Morgan fingerprint density at radius 3 is 2.58 bits per heavy atom. The van der Waals surface area contributed by atoms with Crippen molar-refractivity contribution in [1.82, 2.24) is 5.32 Å². The molecule has 0 spiro atoms. The maximum Gasteiger partial charge on any atom is 0.139 e. The summed E-state index contributed by atoms with van der Waals surface area (Å²) in [5, 5.41) is 3.15. The summed E-state index contributed by atoms with van der Waals surface area (Å²) >= 11 is 0. The first-order valence-corrected chi connectivity index (χ1v) is 4.10. The second-order valence-electron chi connectivity index (χ2n) is 2.30. The Kier molecular flexibility index (Phi) is 8.05. The van der Waals surface area contributed by atoms with Gasteiger partial charge < -0.3 is 14.8 Å². The van der Waals surface area contributed by atoms with E-state index >= 15 is 0 Å². The highest BCUT2D eigenvalue weighted by molar-refractivity contribution is 5.81. The van der Waals surface area contributed by atoms with Crippen LogP contribution in [0.3, 0.4) is 0 Å². The van der Waals surface area contributed by atoms with Crippen molar-refractivity contribution in [2.75, 3.05) is 34.1 Å². The summed E-state index contributed by atoms with van der Waals surface area (Å²) in [5.74, 6) is 0.967. The molecule has 0 aliphatic heterocycles. The Hall–Kier alpha value is -0.610. The number of aliphatic imine (C=N–C) groups is 1. The maximum absolute atomic E-state index is 4.89. The average Bonchev–Trinajstić information content (AvgIpc) is 2.11. The normalized spacial score (nSPS) is 11.8. The van der Waals surface area contributed by atoms with Gasteiger partial charge in [0.2, 0.25) is 0 Å². The second kappa shape index (κ2) is 8.49. The molecule has 0 radical (unpaired) electrons. The van der Waals surface area contributed by atoms with E-state index < -0.39 is 0 Å². The van der Waals surface area contributed by atoms with Crippen molar-refractivity contribution in [3.63, 3.8) is 0 Å². The lowest BCUT2D eigenvalue weighted by molar-refractivity contribution is 0.201. The van der Waals surface area contributed by atoms with Gasteiger partial charge >= 0.3 is 0 Å². The van der Waals surface area contributed by atoms with Crippen LogP contribution in [0.1, 0.15) is 13.3 Å². The summed E-state index contributed by atoms with van der Waals surface area (Å²) in [4.78, 5) is 4.16. The molecule has 0 rings (SSSR count). The molecule has 0 amide bonds. The zero-order valence-corrected chi connectivity index (χ0v) is 8.09. The lowest BCUT2D eigenvalue weighted by Crippen LogP contribution is -2.26. The average molecular weight is 174 g/mol. The van der Waals surface area contributed by atoms with Gasteiger partial charge in [-0.3, -0.25) is 0 Å². The molecule has 4 nitrogen and oxygen atoms in total. The van der Waals surface area contributed by atoms with Crippen molar-refractivity contribution in [3.05, 3.63) is 0 Å². The Labute approximate surface area is 74.0 Å². The summed E-state index contributed by atoms with van der Waals surface area (Å²) in [6, 6.07) is 0. The van der Waals surface area contributed by atoms with Crippen LogP contribution in [-0.2, 0) is 9.47 Å². The zero-order chi connectivity index (χ0) is 9.23. The van der Waals surface area contributed by atoms with Crippen LogP contribution in [0, 0.1) is 0 Å². The molecule has 0 fully saturated rings. The van der Waals surface area contributed by atoms with E-state index in [1.165, 1.54) is 0 Å². The van der Waals surface area contributed by atoms with Gasteiger partial charge in [0, 0.05) is 27.2 Å². The molecular weight excluding hydrogens is 156 g/mol. The molecule has 0 aromatic heterocycles. The van der Waals surface area contributed by atoms with E-state index in [0.717, 1.165) is 18.8 Å². The third kappa shape index (κ3) is 6.12. The smallest absolute Gasteiger partial charge is 0.139 e. The summed E-state index contributed by atoms with van der Waals surface area (Å²) in [7, 11) is 3.31. The molecular formula is C8H18N2O2. The molecule has 0 atom stereocenters. The van der Waals surface area contributed by atoms with Crippen LogP contribution < -0.4 is 5.32 Å². The minimum atomic E-state index is 0.420. The second-order valence-corrected chi connectivity index (χ2v) is 2.30. The SMILES string of the molecule is CC/C(=N/COC)NCCOC. The van der Waals surface area contributed by atoms with Gasteiger partial charge in [-0.15, -0.1) is 0 Å². The zero-order valence-electron chi connectivity index (χ0n) is 8.09. The minimum Gasteiger partial charge on any atom is -0.383 e. The highest BCUT2D eigenvalue weighted by Gasteiger charge is 1.92. The van der Waals surface area contributed by atoms with Crippen molar-refractivity contribution in [1.29, 1.82) is 0 Å². The number of rotatable bonds is 6. The molecule has 1 N–H and O–H groups in total. The van der Waals surface area contributed by atoms with Gasteiger partial charge in [0.1, 0.15) is 6.73 Å². The molecule has 0 aromatic carbocycles. The summed E-state index contributed by atoms with van der Waals surface area (Å²) in [6.07, 6.45) is 0.896. The van der Waals surface area contributed by atoms with Gasteiger partial charge in [-0.25, -0.2) is 4.99 Å². The van der Waals surface area contributed by atoms with Crippen LogP contribution >= 0.6 is 0 Å². The van der Waals surface area contributed by atoms with Crippen LogP contribution in [0.5, 0.6) is 0 Å². The Morgan fingerprint density at radius 1 is 1.33 bits per heavy atom. The lowest BCUT2D eigenvalue weighted by Gasteiger charge is -2.06. The fourth-order valence-corrected chi connectivity index (χ4v) is 0.733. The van der Waals surface area contributed by atoms with Crippen LogP contribution in [0.15, 0.2) is 4.99 Å². The summed E-state index contributed by atoms with van der Waals surface area (Å²) < 4.78 is 9.71. The predicted octanol–water partition coefficient (Wildman–Crippen LogP) is 0.635. The quantitative estimate of drug-likeness (QED) is 0.365. The van der Waals surface area contributed by atoms with Gasteiger partial charge in [-0.05, 0) is 0 Å². The van der Waals surface area contributed by atoms with Gasteiger partial charge in [0.05, 0.1) is 12.4 Å². The van der Waals surface area contributed by atoms with Crippen molar-refractivity contribution in [2.24, 2.45) is 4.99 Å². The molecule has 0 aliphatic rings. The minimum absolute atomic E-state index is 0.420. The molecule has 0 saturated carbocycles. The number of nitrogens with zero attached hydrogens (tertiary/aromatic N) is 1. The van der Waals surface area contributed by atoms with E-state index in [1.54, 1.807) is 14.2 Å². The van der Waals surface area contributed by atoms with Crippen molar-refractivity contribution < 1.29 is 9.47 Å². The summed E-state index contributed by atoms with van der Waals surface area (Å²) in [6.45, 7) is 3.97. The van der Waals surface area contributed by atoms with Gasteiger partial charge in [-0.1, -0.05) is 6.92 Å². The third-order valence-electron chi connectivity index (χ3n) is 1.35. The molecule has 0 bridgehead atoms. The predicted molar refractivity (Wildman–Crippen MR) is 49.5 cm³/mol. The molecule has 0 aliphatic carbocycles. The number of hydrogen-bond acceptors (Lipinski definition) is 3. The fourth-order valence-electron chi connectivity index (χ4n) is 0.733. The van der Waals surface area contributed by atoms with E-state index in [1.807, 2.05) is 6.92 Å². The first-order chi connectivity index (χ1) is 5.85. The molecule has 0 saturated heterocycles. The molecule has 72 valence electrons. The van der Waals surface area contributed by atoms with E-state index in [4.69, 9.17) is 9.47 Å². The van der Waals surface area contributed by atoms with Crippen LogP contribution in [0.4, 0.5) is 0 Å². The molecule has 12 heavy (non-hydrogen) atoms. The van der Waals surface area contributed by atoms with Gasteiger partial charge in [0.25, 0.3) is 0 Å². The maximum atomic E-state index is 4.89. The highest BCUT2D eigenvalue weighted by Crippen LogP contribution is 1.82. The van der Waals surface area contributed by atoms with E-state index in [0.29, 0.717) is 13.3 Å². The van der Waals surface area contributed by atoms with Crippen molar-refractivity contribution in [3.8, 4) is 0 Å². The molecule has 0 heterocycles. The highest BCUT2D eigenvalue weighted by atomic mass is 16.5. The van der Waals surface area contributed by atoms with E-state index in [9.17, 15) is 0 Å². The van der Waals surface area contributed by atoms with Crippen LogP contribution in [0.25, 0.3) is 0 Å². The monoisotopic (exact) mass is 174 g/mol. The number of nitrogens with one attached hydrogen (secondary N) is 1. The van der Waals surface area contributed by atoms with Gasteiger partial charge in [-0.2, -0.15) is 0 Å². The topological polar surface area (TPSA) is 42.8 Å². The van der Waals surface area contributed by atoms with Crippen molar-refractivity contribution in [2.45, 2.75) is 13.3 Å².